The van der Waals surface area contributed by atoms with E-state index in [1.165, 1.54) is 17.0 Å². The molecule has 28 heavy (non-hydrogen) atoms. The molecule has 152 valence electrons. The number of halogens is 3. The number of benzene rings is 1. The third-order valence-corrected chi connectivity index (χ3v) is 5.44. The average Bonchev–Trinajstić information content (AvgIpc) is 2.98. The van der Waals surface area contributed by atoms with Gasteiger partial charge in [0.05, 0.1) is 24.0 Å². The van der Waals surface area contributed by atoms with Crippen LogP contribution in [0.15, 0.2) is 18.2 Å². The average molecular weight is 432 g/mol. The highest BCUT2D eigenvalue weighted by atomic mass is 35.5. The van der Waals surface area contributed by atoms with Gasteiger partial charge >= 0.3 is 6.09 Å². The number of nitrogens with two attached hydrogens (primary N) is 1. The highest BCUT2D eigenvalue weighted by molar-refractivity contribution is 6.54. The second-order valence-corrected chi connectivity index (χ2v) is 8.13. The van der Waals surface area contributed by atoms with E-state index in [0.717, 1.165) is 0 Å². The summed E-state index contributed by atoms with van der Waals surface area (Å²) in [6, 6.07) is 3.73. The largest absolute Gasteiger partial charge is 0.444 e. The van der Waals surface area contributed by atoms with Crippen LogP contribution >= 0.6 is 23.2 Å². The Hall–Kier alpha value is -2.06. The Morgan fingerprint density at radius 3 is 2.64 bits per heavy atom. The van der Waals surface area contributed by atoms with Gasteiger partial charge in [-0.15, -0.1) is 0 Å². The molecule has 2 N–H and O–H groups in total. The first-order chi connectivity index (χ1) is 13.2. The molecule has 0 aromatic heterocycles. The van der Waals surface area contributed by atoms with E-state index in [1.807, 2.05) is 6.92 Å². The highest BCUT2D eigenvalue weighted by Crippen LogP contribution is 2.36. The van der Waals surface area contributed by atoms with Crippen LogP contribution in [0.5, 0.6) is 0 Å². The van der Waals surface area contributed by atoms with Crippen LogP contribution in [0, 0.1) is 11.7 Å². The highest BCUT2D eigenvalue weighted by Gasteiger charge is 2.44. The number of nitrogens with zero attached hydrogens (tertiary/aromatic N) is 2. The maximum atomic E-state index is 14.8. The predicted octanol–water partition coefficient (Wildman–Crippen LogP) is 2.61. The lowest BCUT2D eigenvalue weighted by Crippen LogP contribution is -2.60. The topological polar surface area (TPSA) is 92.9 Å². The van der Waals surface area contributed by atoms with Crippen LogP contribution in [0.25, 0.3) is 0 Å². The first-order valence-corrected chi connectivity index (χ1v) is 9.71. The molecule has 0 radical (unpaired) electrons. The summed E-state index contributed by atoms with van der Waals surface area (Å²) in [5, 5.41) is 0. The van der Waals surface area contributed by atoms with E-state index in [4.69, 9.17) is 33.7 Å². The van der Waals surface area contributed by atoms with Crippen LogP contribution in [-0.2, 0) is 14.3 Å². The zero-order chi connectivity index (χ0) is 20.6. The molecule has 2 heterocycles. The molecular formula is C18H20Cl2FN3O4. The van der Waals surface area contributed by atoms with Gasteiger partial charge in [-0.2, -0.15) is 0 Å². The number of rotatable bonds is 7. The molecule has 0 bridgehead atoms. The van der Waals surface area contributed by atoms with Gasteiger partial charge in [0.15, 0.2) is 10.6 Å². The van der Waals surface area contributed by atoms with Crippen molar-refractivity contribution in [2.75, 3.05) is 22.9 Å². The van der Waals surface area contributed by atoms with Crippen molar-refractivity contribution >= 4 is 52.4 Å². The Bertz CT molecular complexity index is 807. The van der Waals surface area contributed by atoms with Gasteiger partial charge in [-0.1, -0.05) is 30.1 Å². The number of carbonyl (C=O) groups is 3. The van der Waals surface area contributed by atoms with E-state index in [-0.39, 0.29) is 30.4 Å². The summed E-state index contributed by atoms with van der Waals surface area (Å²) in [5.41, 5.74) is 5.68. The number of cyclic esters (lactones) is 1. The molecule has 10 heteroatoms. The minimum atomic E-state index is -1.17. The number of anilines is 2. The molecule has 0 spiro atoms. The zero-order valence-electron chi connectivity index (χ0n) is 15.1. The Labute approximate surface area is 171 Å². The summed E-state index contributed by atoms with van der Waals surface area (Å²) in [4.78, 5) is 36.9. The van der Waals surface area contributed by atoms with Gasteiger partial charge in [-0.3, -0.25) is 14.5 Å². The van der Waals surface area contributed by atoms with Crippen LogP contribution in [-0.4, -0.2) is 47.9 Å². The van der Waals surface area contributed by atoms with E-state index in [2.05, 4.69) is 0 Å². The summed E-state index contributed by atoms with van der Waals surface area (Å²) < 4.78 is 19.9. The molecule has 3 rings (SSSR count). The number of alkyl halides is 2. The fourth-order valence-electron chi connectivity index (χ4n) is 3.59. The molecule has 2 aliphatic rings. The lowest BCUT2D eigenvalue weighted by Gasteiger charge is -2.47. The molecule has 2 saturated heterocycles. The lowest BCUT2D eigenvalue weighted by molar-refractivity contribution is -0.121. The molecule has 0 saturated carbocycles. The maximum absolute atomic E-state index is 14.8. The van der Waals surface area contributed by atoms with Crippen molar-refractivity contribution in [2.24, 2.45) is 11.7 Å². The SMILES string of the molecule is CC1CN(c2ccc(N3CC(CCC(N)=O)OC3=O)cc2F)C1C(=O)C(Cl)Cl. The second-order valence-electron chi connectivity index (χ2n) is 7.03. The summed E-state index contributed by atoms with van der Waals surface area (Å²) >= 11 is 11.4. The van der Waals surface area contributed by atoms with Crippen LogP contribution in [0.4, 0.5) is 20.6 Å². The fraction of sp³-hybridized carbons (Fsp3) is 0.500. The number of hydrogen-bond acceptors (Lipinski definition) is 5. The zero-order valence-corrected chi connectivity index (χ0v) is 16.6. The van der Waals surface area contributed by atoms with Gasteiger partial charge in [-0.25, -0.2) is 9.18 Å². The molecule has 2 fully saturated rings. The predicted molar refractivity (Wildman–Crippen MR) is 103 cm³/mol. The van der Waals surface area contributed by atoms with E-state index in [9.17, 15) is 18.8 Å². The van der Waals surface area contributed by atoms with Gasteiger partial charge in [-0.05, 0) is 24.6 Å². The number of amides is 2. The van der Waals surface area contributed by atoms with Crippen molar-refractivity contribution in [3.05, 3.63) is 24.0 Å². The minimum Gasteiger partial charge on any atom is -0.444 e. The van der Waals surface area contributed by atoms with Crippen molar-refractivity contribution in [2.45, 2.75) is 36.7 Å². The van der Waals surface area contributed by atoms with Gasteiger partial charge < -0.3 is 15.4 Å². The number of ketones is 1. The first-order valence-electron chi connectivity index (χ1n) is 8.83. The quantitative estimate of drug-likeness (QED) is 0.669. The Kier molecular flexibility index (Phi) is 6.00. The Morgan fingerprint density at radius 2 is 2.07 bits per heavy atom. The lowest BCUT2D eigenvalue weighted by atomic mass is 9.86. The number of Topliss-reactive ketones (excluding diaryl/α,β-unsaturated/α-hetero) is 1. The van der Waals surface area contributed by atoms with Gasteiger partial charge in [0.2, 0.25) is 5.91 Å². The first kappa shape index (κ1) is 20.7. The summed E-state index contributed by atoms with van der Waals surface area (Å²) in [6.07, 6.45) is -0.681. The van der Waals surface area contributed by atoms with Crippen LogP contribution < -0.4 is 15.5 Å². The molecule has 1 aromatic carbocycles. The van der Waals surface area contributed by atoms with E-state index < -0.39 is 34.8 Å². The number of hydrogen-bond donors (Lipinski definition) is 1. The van der Waals surface area contributed by atoms with Crippen LogP contribution in [0.3, 0.4) is 0 Å². The maximum Gasteiger partial charge on any atom is 0.414 e. The van der Waals surface area contributed by atoms with Gasteiger partial charge in [0, 0.05) is 18.9 Å². The number of primary amides is 1. The fourth-order valence-corrected chi connectivity index (χ4v) is 3.84. The summed E-state index contributed by atoms with van der Waals surface area (Å²) in [6.45, 7) is 2.56. The second kappa shape index (κ2) is 8.13. The van der Waals surface area contributed by atoms with Crippen LogP contribution in [0.2, 0.25) is 0 Å². The molecule has 7 nitrogen and oxygen atoms in total. The Morgan fingerprint density at radius 1 is 1.36 bits per heavy atom. The van der Waals surface area contributed by atoms with Gasteiger partial charge in [0.1, 0.15) is 11.9 Å². The number of ether oxygens (including phenoxy) is 1. The minimum absolute atomic E-state index is 0.00569. The van der Waals surface area contributed by atoms with Gasteiger partial charge in [0.25, 0.3) is 0 Å². The molecule has 2 amide bonds. The Balaban J connectivity index is 1.73. The molecule has 2 aliphatic heterocycles. The molecule has 1 aromatic rings. The van der Waals surface area contributed by atoms with Crippen molar-refractivity contribution in [3.63, 3.8) is 0 Å². The molecular weight excluding hydrogens is 412 g/mol. The monoisotopic (exact) mass is 431 g/mol. The number of carbonyl (C=O) groups excluding carboxylic acids is 3. The van der Waals surface area contributed by atoms with E-state index >= 15 is 0 Å². The van der Waals surface area contributed by atoms with E-state index in [1.54, 1.807) is 11.0 Å². The summed E-state index contributed by atoms with van der Waals surface area (Å²) in [7, 11) is 0. The molecule has 3 unspecified atom stereocenters. The van der Waals surface area contributed by atoms with Crippen molar-refractivity contribution in [1.82, 2.24) is 0 Å². The third-order valence-electron chi connectivity index (χ3n) is 5.01. The van der Waals surface area contributed by atoms with Crippen molar-refractivity contribution in [1.29, 1.82) is 0 Å². The molecule has 3 atom stereocenters. The van der Waals surface area contributed by atoms with Crippen LogP contribution in [0.1, 0.15) is 19.8 Å². The van der Waals surface area contributed by atoms with Crippen molar-refractivity contribution in [3.8, 4) is 0 Å². The standard InChI is InChI=1S/C18H20Cl2FN3O4/c1-9-7-24(15(9)16(26)17(19)20)13-4-2-10(6-12(13)21)23-8-11(28-18(23)27)3-5-14(22)25/h2,4,6,9,11,15,17H,3,5,7-8H2,1H3,(H2,22,25). The van der Waals surface area contributed by atoms with Crippen molar-refractivity contribution < 1.29 is 23.5 Å². The normalized spacial score (nSPS) is 24.3. The third kappa shape index (κ3) is 4.03. The van der Waals surface area contributed by atoms with E-state index in [0.29, 0.717) is 18.7 Å². The smallest absolute Gasteiger partial charge is 0.414 e. The molecule has 0 aliphatic carbocycles. The summed E-state index contributed by atoms with van der Waals surface area (Å²) in [5.74, 6) is -1.41.